The molecule has 0 saturated carbocycles. The van der Waals surface area contributed by atoms with Crippen LogP contribution in [-0.2, 0) is 14.3 Å². The van der Waals surface area contributed by atoms with Crippen LogP contribution in [-0.4, -0.2) is 38.1 Å². The van der Waals surface area contributed by atoms with Crippen LogP contribution in [0.5, 0.6) is 0 Å². The van der Waals surface area contributed by atoms with E-state index in [1.807, 2.05) is 0 Å². The number of nitrogens with two attached hydrogens (primary N) is 2. The molecule has 5 N–H and O–H groups in total. The largest absolute Gasteiger partial charge is 0.370 e. The number of nitrogens with one attached hydrogen (secondary N) is 1. The Kier molecular flexibility index (Phi) is 5.24. The molecule has 2 amide bonds. The highest BCUT2D eigenvalue weighted by Gasteiger charge is 2.26. The Morgan fingerprint density at radius 3 is 2.33 bits per heavy atom. The van der Waals surface area contributed by atoms with E-state index in [2.05, 4.69) is 5.32 Å². The maximum absolute atomic E-state index is 11.4. The molecule has 0 spiro atoms. The molecule has 0 aliphatic heterocycles. The van der Waals surface area contributed by atoms with Gasteiger partial charge in [0.25, 0.3) is 0 Å². The first-order chi connectivity index (χ1) is 6.85. The van der Waals surface area contributed by atoms with Crippen LogP contribution >= 0.6 is 0 Å². The van der Waals surface area contributed by atoms with E-state index in [0.29, 0.717) is 0 Å². The summed E-state index contributed by atoms with van der Waals surface area (Å²) in [4.78, 5) is 22.4. The predicted octanol–water partition coefficient (Wildman–Crippen LogP) is -1.41. The first kappa shape index (κ1) is 13.9. The van der Waals surface area contributed by atoms with Gasteiger partial charge in [-0.25, -0.2) is 0 Å². The van der Waals surface area contributed by atoms with Crippen molar-refractivity contribution in [3.8, 4) is 0 Å². The van der Waals surface area contributed by atoms with E-state index in [0.717, 1.165) is 0 Å². The van der Waals surface area contributed by atoms with Crippen molar-refractivity contribution in [3.63, 3.8) is 0 Å². The average molecular weight is 217 g/mol. The number of methoxy groups -OCH3 is 1. The molecule has 0 aromatic carbocycles. The molecule has 0 bridgehead atoms. The standard InChI is InChI=1S/C9H19N3O3/c1-9(2,8(11)14)5-12-7(13)6(4-10)15-3/h6H,4-5,10H2,1-3H3,(H2,11,14)(H,12,13). The zero-order valence-electron chi connectivity index (χ0n) is 9.37. The number of carbonyl (C=O) groups excluding carboxylic acids is 2. The molecule has 6 heteroatoms. The van der Waals surface area contributed by atoms with Gasteiger partial charge < -0.3 is 21.5 Å². The maximum Gasteiger partial charge on any atom is 0.250 e. The molecule has 1 unspecified atom stereocenters. The second kappa shape index (κ2) is 5.67. The highest BCUT2D eigenvalue weighted by Crippen LogP contribution is 2.11. The van der Waals surface area contributed by atoms with Crippen molar-refractivity contribution in [1.82, 2.24) is 5.32 Å². The minimum atomic E-state index is -0.775. The van der Waals surface area contributed by atoms with Gasteiger partial charge in [0.1, 0.15) is 6.10 Å². The molecule has 0 radical (unpaired) electrons. The monoisotopic (exact) mass is 217 g/mol. The lowest BCUT2D eigenvalue weighted by atomic mass is 9.93. The number of hydrogen-bond donors (Lipinski definition) is 3. The van der Waals surface area contributed by atoms with Gasteiger partial charge in [-0.1, -0.05) is 0 Å². The Hall–Kier alpha value is -1.14. The number of ether oxygens (including phenoxy) is 1. The van der Waals surface area contributed by atoms with Crippen molar-refractivity contribution in [1.29, 1.82) is 0 Å². The lowest BCUT2D eigenvalue weighted by Crippen LogP contribution is -2.47. The van der Waals surface area contributed by atoms with E-state index in [1.165, 1.54) is 7.11 Å². The topological polar surface area (TPSA) is 107 Å². The lowest BCUT2D eigenvalue weighted by molar-refractivity contribution is -0.132. The van der Waals surface area contributed by atoms with Crippen molar-refractivity contribution in [2.45, 2.75) is 20.0 Å². The van der Waals surface area contributed by atoms with Crippen molar-refractivity contribution < 1.29 is 14.3 Å². The van der Waals surface area contributed by atoms with Gasteiger partial charge in [0.15, 0.2) is 0 Å². The fourth-order valence-corrected chi connectivity index (χ4v) is 0.819. The van der Waals surface area contributed by atoms with E-state index in [1.54, 1.807) is 13.8 Å². The summed E-state index contributed by atoms with van der Waals surface area (Å²) < 4.78 is 4.83. The minimum Gasteiger partial charge on any atom is -0.370 e. The first-order valence-electron chi connectivity index (χ1n) is 4.65. The molecule has 0 aromatic heterocycles. The number of amides is 2. The molecule has 88 valence electrons. The molecule has 15 heavy (non-hydrogen) atoms. The van der Waals surface area contributed by atoms with Crippen LogP contribution in [0, 0.1) is 5.41 Å². The summed E-state index contributed by atoms with van der Waals surface area (Å²) in [5, 5.41) is 2.56. The van der Waals surface area contributed by atoms with Gasteiger partial charge in [-0.3, -0.25) is 9.59 Å². The summed E-state index contributed by atoms with van der Waals surface area (Å²) in [7, 11) is 1.40. The fourth-order valence-electron chi connectivity index (χ4n) is 0.819. The second-order valence-electron chi connectivity index (χ2n) is 3.93. The molecule has 0 rings (SSSR count). The molecule has 0 heterocycles. The van der Waals surface area contributed by atoms with Crippen LogP contribution in [0.4, 0.5) is 0 Å². The van der Waals surface area contributed by atoms with Gasteiger partial charge in [0.05, 0.1) is 5.41 Å². The van der Waals surface area contributed by atoms with Gasteiger partial charge in [-0.15, -0.1) is 0 Å². The zero-order chi connectivity index (χ0) is 12.1. The summed E-state index contributed by atoms with van der Waals surface area (Å²) in [6.45, 7) is 3.57. The molecule has 0 aliphatic rings. The smallest absolute Gasteiger partial charge is 0.250 e. The fraction of sp³-hybridized carbons (Fsp3) is 0.778. The Morgan fingerprint density at radius 2 is 2.00 bits per heavy atom. The Bertz CT molecular complexity index is 237. The van der Waals surface area contributed by atoms with Gasteiger partial charge in [-0.05, 0) is 13.8 Å². The lowest BCUT2D eigenvalue weighted by Gasteiger charge is -2.22. The molecule has 6 nitrogen and oxygen atoms in total. The van der Waals surface area contributed by atoms with Gasteiger partial charge in [0.2, 0.25) is 11.8 Å². The summed E-state index contributed by atoms with van der Waals surface area (Å²) in [5.41, 5.74) is 9.68. The summed E-state index contributed by atoms with van der Waals surface area (Å²) in [6.07, 6.45) is -0.686. The molecule has 0 saturated heterocycles. The molecule has 0 aromatic rings. The third-order valence-electron chi connectivity index (χ3n) is 2.16. The van der Waals surface area contributed by atoms with Crippen LogP contribution < -0.4 is 16.8 Å². The van der Waals surface area contributed by atoms with Crippen molar-refractivity contribution in [3.05, 3.63) is 0 Å². The highest BCUT2D eigenvalue weighted by molar-refractivity contribution is 5.83. The second-order valence-corrected chi connectivity index (χ2v) is 3.93. The van der Waals surface area contributed by atoms with E-state index in [4.69, 9.17) is 16.2 Å². The van der Waals surface area contributed by atoms with Gasteiger partial charge in [-0.2, -0.15) is 0 Å². The SMILES string of the molecule is COC(CN)C(=O)NCC(C)(C)C(N)=O. The van der Waals surface area contributed by atoms with Crippen molar-refractivity contribution in [2.75, 3.05) is 20.2 Å². The zero-order valence-corrected chi connectivity index (χ0v) is 9.37. The van der Waals surface area contributed by atoms with Gasteiger partial charge in [0, 0.05) is 20.2 Å². The van der Waals surface area contributed by atoms with Crippen LogP contribution in [0.15, 0.2) is 0 Å². The van der Waals surface area contributed by atoms with Crippen LogP contribution in [0.2, 0.25) is 0 Å². The Morgan fingerprint density at radius 1 is 1.47 bits per heavy atom. The summed E-state index contributed by atoms with van der Waals surface area (Å²) >= 11 is 0. The molecule has 0 aliphatic carbocycles. The van der Waals surface area contributed by atoms with Crippen molar-refractivity contribution in [2.24, 2.45) is 16.9 Å². The molecular weight excluding hydrogens is 198 g/mol. The Balaban J connectivity index is 4.16. The normalized spacial score (nSPS) is 13.3. The number of carbonyl (C=O) groups is 2. The van der Waals surface area contributed by atoms with Crippen LogP contribution in [0.25, 0.3) is 0 Å². The summed E-state index contributed by atoms with van der Waals surface area (Å²) in [5.74, 6) is -0.807. The van der Waals surface area contributed by atoms with E-state index in [-0.39, 0.29) is 19.0 Å². The molecule has 1 atom stereocenters. The number of primary amides is 1. The van der Waals surface area contributed by atoms with Crippen LogP contribution in [0.1, 0.15) is 13.8 Å². The number of hydrogen-bond acceptors (Lipinski definition) is 4. The van der Waals surface area contributed by atoms with E-state index < -0.39 is 17.4 Å². The predicted molar refractivity (Wildman–Crippen MR) is 55.8 cm³/mol. The molecular formula is C9H19N3O3. The first-order valence-corrected chi connectivity index (χ1v) is 4.65. The average Bonchev–Trinajstić information content (AvgIpc) is 2.16. The van der Waals surface area contributed by atoms with E-state index >= 15 is 0 Å². The minimum absolute atomic E-state index is 0.0966. The third kappa shape index (κ3) is 4.26. The van der Waals surface area contributed by atoms with E-state index in [9.17, 15) is 9.59 Å². The highest BCUT2D eigenvalue weighted by atomic mass is 16.5. The molecule has 0 fully saturated rings. The Labute approximate surface area is 89.3 Å². The maximum atomic E-state index is 11.4. The number of rotatable bonds is 6. The van der Waals surface area contributed by atoms with Crippen LogP contribution in [0.3, 0.4) is 0 Å². The quantitative estimate of drug-likeness (QED) is 0.508. The van der Waals surface area contributed by atoms with Gasteiger partial charge >= 0.3 is 0 Å². The van der Waals surface area contributed by atoms with Crippen molar-refractivity contribution >= 4 is 11.8 Å². The third-order valence-corrected chi connectivity index (χ3v) is 2.16. The summed E-state index contributed by atoms with van der Waals surface area (Å²) in [6, 6.07) is 0.